The predicted octanol–water partition coefficient (Wildman–Crippen LogP) is 3.69. The highest BCUT2D eigenvalue weighted by Gasteiger charge is 2.15. The van der Waals surface area contributed by atoms with E-state index in [0.717, 1.165) is 16.7 Å². The van der Waals surface area contributed by atoms with Gasteiger partial charge in [0.05, 0.1) is 4.90 Å². The molecule has 6 nitrogen and oxygen atoms in total. The van der Waals surface area contributed by atoms with Crippen molar-refractivity contribution in [3.05, 3.63) is 65.5 Å². The number of benzene rings is 2. The first-order chi connectivity index (χ1) is 12.8. The van der Waals surface area contributed by atoms with Gasteiger partial charge >= 0.3 is 0 Å². The van der Waals surface area contributed by atoms with Crippen molar-refractivity contribution in [2.24, 2.45) is 0 Å². The summed E-state index contributed by atoms with van der Waals surface area (Å²) in [5.41, 5.74) is 3.11. The smallest absolute Gasteiger partial charge is 0.240 e. The molecule has 0 radical (unpaired) electrons. The third kappa shape index (κ3) is 4.81. The molecule has 0 bridgehead atoms. The Bertz CT molecular complexity index is 992. The second-order valence-electron chi connectivity index (χ2n) is 6.75. The Morgan fingerprint density at radius 3 is 2.33 bits per heavy atom. The van der Waals surface area contributed by atoms with E-state index in [2.05, 4.69) is 28.7 Å². The lowest BCUT2D eigenvalue weighted by Gasteiger charge is -2.08. The van der Waals surface area contributed by atoms with E-state index in [-0.39, 0.29) is 11.4 Å². The van der Waals surface area contributed by atoms with Crippen LogP contribution in [0.25, 0.3) is 11.4 Å². The number of hydrogen-bond acceptors (Lipinski definition) is 5. The fourth-order valence-electron chi connectivity index (χ4n) is 2.58. The monoisotopic (exact) mass is 385 g/mol. The Hall–Kier alpha value is -2.51. The second kappa shape index (κ2) is 8.02. The summed E-state index contributed by atoms with van der Waals surface area (Å²) in [4.78, 5) is 4.57. The quantitative estimate of drug-likeness (QED) is 0.670. The molecule has 0 unspecified atom stereocenters. The Balaban J connectivity index is 1.60. The SMILES string of the molecule is Cc1ccc(-c2noc(CCNS(=O)(=O)c3ccc(C(C)C)cc3)n2)cc1. The normalized spacial score (nSPS) is 11.9. The van der Waals surface area contributed by atoms with Crippen LogP contribution in [0, 0.1) is 6.92 Å². The van der Waals surface area contributed by atoms with Gasteiger partial charge in [0.25, 0.3) is 0 Å². The third-order valence-electron chi connectivity index (χ3n) is 4.27. The second-order valence-corrected chi connectivity index (χ2v) is 8.52. The van der Waals surface area contributed by atoms with E-state index in [4.69, 9.17) is 4.52 Å². The van der Waals surface area contributed by atoms with Gasteiger partial charge in [-0.05, 0) is 30.5 Å². The average molecular weight is 385 g/mol. The summed E-state index contributed by atoms with van der Waals surface area (Å²) in [6.45, 7) is 6.33. The summed E-state index contributed by atoms with van der Waals surface area (Å²) in [6, 6.07) is 14.7. The standard InChI is InChI=1S/C20H23N3O3S/c1-14(2)16-8-10-18(11-9-16)27(24,25)21-13-12-19-22-20(23-26-19)17-6-4-15(3)5-7-17/h4-11,14,21H,12-13H2,1-3H3. The first-order valence-electron chi connectivity index (χ1n) is 8.84. The maximum absolute atomic E-state index is 12.4. The van der Waals surface area contributed by atoms with Gasteiger partial charge in [-0.2, -0.15) is 4.98 Å². The maximum atomic E-state index is 12.4. The summed E-state index contributed by atoms with van der Waals surface area (Å²) in [5.74, 6) is 1.25. The fraction of sp³-hybridized carbons (Fsp3) is 0.300. The van der Waals surface area contributed by atoms with Crippen molar-refractivity contribution in [1.82, 2.24) is 14.9 Å². The topological polar surface area (TPSA) is 85.1 Å². The molecule has 3 aromatic rings. The number of sulfonamides is 1. The molecule has 0 amide bonds. The van der Waals surface area contributed by atoms with Crippen LogP contribution in [0.15, 0.2) is 57.9 Å². The van der Waals surface area contributed by atoms with Crippen molar-refractivity contribution in [3.8, 4) is 11.4 Å². The third-order valence-corrected chi connectivity index (χ3v) is 5.74. The molecule has 0 aliphatic rings. The average Bonchev–Trinajstić information content (AvgIpc) is 3.11. The van der Waals surface area contributed by atoms with Gasteiger partial charge in [-0.3, -0.25) is 0 Å². The molecule has 27 heavy (non-hydrogen) atoms. The molecule has 0 saturated carbocycles. The molecule has 2 aromatic carbocycles. The van der Waals surface area contributed by atoms with Gasteiger partial charge in [0.1, 0.15) is 0 Å². The number of nitrogens with one attached hydrogen (secondary N) is 1. The first-order valence-corrected chi connectivity index (χ1v) is 10.3. The first kappa shape index (κ1) is 19.3. The van der Waals surface area contributed by atoms with Crippen LogP contribution in [0.1, 0.15) is 36.8 Å². The molecule has 3 rings (SSSR count). The van der Waals surface area contributed by atoms with Gasteiger partial charge in [-0.25, -0.2) is 13.1 Å². The molecule has 0 spiro atoms. The minimum absolute atomic E-state index is 0.184. The Labute approximate surface area is 159 Å². The zero-order chi connectivity index (χ0) is 19.4. The molecular weight excluding hydrogens is 362 g/mol. The van der Waals surface area contributed by atoms with Crippen LogP contribution in [0.5, 0.6) is 0 Å². The Kier molecular flexibility index (Phi) is 5.72. The van der Waals surface area contributed by atoms with E-state index in [9.17, 15) is 8.42 Å². The predicted molar refractivity (Wildman–Crippen MR) is 104 cm³/mol. The van der Waals surface area contributed by atoms with Crippen molar-refractivity contribution in [2.75, 3.05) is 6.54 Å². The summed E-state index contributed by atoms with van der Waals surface area (Å²) < 4.78 is 32.6. The highest BCUT2D eigenvalue weighted by molar-refractivity contribution is 7.89. The summed E-state index contributed by atoms with van der Waals surface area (Å²) >= 11 is 0. The number of hydrogen-bond donors (Lipinski definition) is 1. The lowest BCUT2D eigenvalue weighted by molar-refractivity contribution is 0.379. The largest absolute Gasteiger partial charge is 0.339 e. The van der Waals surface area contributed by atoms with Crippen molar-refractivity contribution < 1.29 is 12.9 Å². The van der Waals surface area contributed by atoms with E-state index in [0.29, 0.717) is 24.1 Å². The van der Waals surface area contributed by atoms with Gasteiger partial charge < -0.3 is 4.52 Å². The molecular formula is C20H23N3O3S. The molecule has 0 aliphatic carbocycles. The zero-order valence-electron chi connectivity index (χ0n) is 15.6. The van der Waals surface area contributed by atoms with Crippen LogP contribution in [0.2, 0.25) is 0 Å². The molecule has 1 heterocycles. The van der Waals surface area contributed by atoms with E-state index in [1.807, 2.05) is 43.3 Å². The Morgan fingerprint density at radius 2 is 1.70 bits per heavy atom. The lowest BCUT2D eigenvalue weighted by atomic mass is 10.0. The molecule has 0 atom stereocenters. The van der Waals surface area contributed by atoms with Crippen LogP contribution in [0.3, 0.4) is 0 Å². The molecule has 7 heteroatoms. The number of aryl methyl sites for hydroxylation is 1. The van der Waals surface area contributed by atoms with Crippen LogP contribution in [-0.4, -0.2) is 25.1 Å². The van der Waals surface area contributed by atoms with Crippen molar-refractivity contribution in [2.45, 2.75) is 38.0 Å². The van der Waals surface area contributed by atoms with Gasteiger partial charge in [-0.15, -0.1) is 0 Å². The Morgan fingerprint density at radius 1 is 1.04 bits per heavy atom. The number of aromatic nitrogens is 2. The van der Waals surface area contributed by atoms with E-state index < -0.39 is 10.0 Å². The highest BCUT2D eigenvalue weighted by Crippen LogP contribution is 2.18. The highest BCUT2D eigenvalue weighted by atomic mass is 32.2. The fourth-order valence-corrected chi connectivity index (χ4v) is 3.62. The number of nitrogens with zero attached hydrogens (tertiary/aromatic N) is 2. The molecule has 142 valence electrons. The molecule has 1 aromatic heterocycles. The molecule has 0 aliphatic heterocycles. The maximum Gasteiger partial charge on any atom is 0.240 e. The van der Waals surface area contributed by atoms with Crippen molar-refractivity contribution in [3.63, 3.8) is 0 Å². The minimum atomic E-state index is -3.56. The number of rotatable bonds is 7. The minimum Gasteiger partial charge on any atom is -0.339 e. The summed E-state index contributed by atoms with van der Waals surface area (Å²) in [7, 11) is -3.56. The van der Waals surface area contributed by atoms with Crippen LogP contribution >= 0.6 is 0 Å². The summed E-state index contributed by atoms with van der Waals surface area (Å²) in [5, 5.41) is 3.95. The zero-order valence-corrected chi connectivity index (χ0v) is 16.5. The molecule has 1 N–H and O–H groups in total. The van der Waals surface area contributed by atoms with Crippen LogP contribution < -0.4 is 4.72 Å². The van der Waals surface area contributed by atoms with Gasteiger partial charge in [0, 0.05) is 18.5 Å². The van der Waals surface area contributed by atoms with Crippen molar-refractivity contribution in [1.29, 1.82) is 0 Å². The van der Waals surface area contributed by atoms with E-state index in [1.165, 1.54) is 0 Å². The van der Waals surface area contributed by atoms with E-state index >= 15 is 0 Å². The van der Waals surface area contributed by atoms with Crippen molar-refractivity contribution >= 4 is 10.0 Å². The van der Waals surface area contributed by atoms with Crippen LogP contribution in [-0.2, 0) is 16.4 Å². The van der Waals surface area contributed by atoms with Crippen LogP contribution in [0.4, 0.5) is 0 Å². The van der Waals surface area contributed by atoms with Gasteiger partial charge in [-0.1, -0.05) is 61.0 Å². The van der Waals surface area contributed by atoms with Gasteiger partial charge in [0.2, 0.25) is 21.7 Å². The van der Waals surface area contributed by atoms with Gasteiger partial charge in [0.15, 0.2) is 0 Å². The van der Waals surface area contributed by atoms with E-state index in [1.54, 1.807) is 12.1 Å². The molecule has 0 fully saturated rings. The molecule has 0 saturated heterocycles. The summed E-state index contributed by atoms with van der Waals surface area (Å²) in [6.07, 6.45) is 0.322. The lowest BCUT2D eigenvalue weighted by Crippen LogP contribution is -2.26.